The van der Waals surface area contributed by atoms with Crippen LogP contribution < -0.4 is 10.9 Å². The van der Waals surface area contributed by atoms with Gasteiger partial charge >= 0.3 is 0 Å². The molecule has 5 rings (SSSR count). The number of hydrogen-bond acceptors (Lipinski definition) is 6. The van der Waals surface area contributed by atoms with Crippen molar-refractivity contribution in [1.82, 2.24) is 14.5 Å². The first-order valence-electron chi connectivity index (χ1n) is 11.9. The summed E-state index contributed by atoms with van der Waals surface area (Å²) in [6, 6.07) is 5.82. The van der Waals surface area contributed by atoms with Gasteiger partial charge in [0.2, 0.25) is 5.95 Å². The number of pyridine rings is 1. The Hall–Kier alpha value is -2.88. The Morgan fingerprint density at radius 3 is 2.54 bits per heavy atom. The Morgan fingerprint density at radius 2 is 1.91 bits per heavy atom. The van der Waals surface area contributed by atoms with Gasteiger partial charge in [-0.3, -0.25) is 9.36 Å². The van der Waals surface area contributed by atoms with Crippen LogP contribution in [-0.4, -0.2) is 28.2 Å². The maximum Gasteiger partial charge on any atom is 0.269 e. The fourth-order valence-corrected chi connectivity index (χ4v) is 6.40. The van der Waals surface area contributed by atoms with E-state index in [1.807, 2.05) is 0 Å². The highest BCUT2D eigenvalue weighted by atomic mass is 32.2. The second kappa shape index (κ2) is 8.36. The normalized spacial score (nSPS) is 19.2. The molecule has 1 N–H and O–H groups in total. The molecule has 186 valence electrons. The van der Waals surface area contributed by atoms with Crippen LogP contribution in [-0.2, 0) is 9.84 Å². The van der Waals surface area contributed by atoms with Gasteiger partial charge in [0, 0.05) is 23.3 Å². The Balaban J connectivity index is 1.58. The number of aromatic nitrogens is 3. The summed E-state index contributed by atoms with van der Waals surface area (Å²) in [4.78, 5) is 22.3. The van der Waals surface area contributed by atoms with Crippen molar-refractivity contribution < 1.29 is 17.2 Å². The minimum atomic E-state index is -3.41. The zero-order valence-electron chi connectivity index (χ0n) is 19.9. The van der Waals surface area contributed by atoms with Crippen molar-refractivity contribution in [3.05, 3.63) is 51.9 Å². The summed E-state index contributed by atoms with van der Waals surface area (Å²) in [5.41, 5.74) is 0.437. The van der Waals surface area contributed by atoms with Crippen molar-refractivity contribution in [3.63, 3.8) is 0 Å². The average molecular weight is 503 g/mol. The van der Waals surface area contributed by atoms with E-state index in [1.165, 1.54) is 22.9 Å². The number of alkyl halides is 2. The Kier molecular flexibility index (Phi) is 5.69. The molecular weight excluding hydrogens is 474 g/mol. The summed E-state index contributed by atoms with van der Waals surface area (Å²) < 4.78 is 53.9. The molecule has 7 nitrogen and oxygen atoms in total. The van der Waals surface area contributed by atoms with Crippen LogP contribution in [0.4, 0.5) is 20.4 Å². The number of nitrogens with zero attached hydrogens (tertiary/aromatic N) is 3. The topological polar surface area (TPSA) is 94.0 Å². The minimum Gasteiger partial charge on any atom is -0.324 e. The molecule has 0 amide bonds. The first-order valence-corrected chi connectivity index (χ1v) is 13.4. The number of aryl methyl sites for hydroxylation is 1. The predicted molar refractivity (Wildman–Crippen MR) is 130 cm³/mol. The summed E-state index contributed by atoms with van der Waals surface area (Å²) in [6.07, 6.45) is 3.27. The molecule has 2 fully saturated rings. The third kappa shape index (κ3) is 4.01. The van der Waals surface area contributed by atoms with E-state index < -0.39 is 32.6 Å². The van der Waals surface area contributed by atoms with Crippen molar-refractivity contribution in [2.75, 3.05) is 5.32 Å². The van der Waals surface area contributed by atoms with Crippen molar-refractivity contribution >= 4 is 32.5 Å². The first kappa shape index (κ1) is 23.8. The molecule has 0 radical (unpaired) electrons. The highest BCUT2D eigenvalue weighted by Crippen LogP contribution is 2.63. The van der Waals surface area contributed by atoms with Gasteiger partial charge in [0.15, 0.2) is 9.84 Å². The van der Waals surface area contributed by atoms with E-state index in [0.717, 1.165) is 32.1 Å². The van der Waals surface area contributed by atoms with Gasteiger partial charge in [-0.15, -0.1) is 0 Å². The molecule has 10 heteroatoms. The number of halogens is 2. The lowest BCUT2D eigenvalue weighted by atomic mass is 9.99. The highest BCUT2D eigenvalue weighted by molar-refractivity contribution is 7.92. The van der Waals surface area contributed by atoms with Gasteiger partial charge in [0.05, 0.1) is 15.7 Å². The van der Waals surface area contributed by atoms with Crippen LogP contribution in [0.25, 0.3) is 11.0 Å². The number of benzene rings is 1. The number of hydrogen-bond donors (Lipinski definition) is 1. The molecule has 1 unspecified atom stereocenters. The molecule has 0 aliphatic heterocycles. The summed E-state index contributed by atoms with van der Waals surface area (Å²) in [5, 5.41) is 2.96. The molecule has 1 atom stereocenters. The second-order valence-corrected chi connectivity index (χ2v) is 12.5. The summed E-state index contributed by atoms with van der Waals surface area (Å²) in [6.45, 7) is 5.05. The molecule has 2 aliphatic carbocycles. The van der Waals surface area contributed by atoms with Crippen molar-refractivity contribution in [3.8, 4) is 0 Å². The molecule has 1 spiro atoms. The molecule has 1 aromatic carbocycles. The van der Waals surface area contributed by atoms with E-state index in [2.05, 4.69) is 15.3 Å². The first-order chi connectivity index (χ1) is 16.5. The molecule has 0 saturated heterocycles. The van der Waals surface area contributed by atoms with Crippen LogP contribution in [0.5, 0.6) is 0 Å². The SMILES string of the molecule is Cc1cc(S(=O)(=O)C(C)C)ccc1Nc1ncc2cc(C(F)F)c(=O)n(C3CCCC34CC4)c2n1. The quantitative estimate of drug-likeness (QED) is 0.481. The average Bonchev–Trinajstić information content (AvgIpc) is 3.47. The lowest BCUT2D eigenvalue weighted by Gasteiger charge is -2.24. The van der Waals surface area contributed by atoms with Gasteiger partial charge in [-0.1, -0.05) is 6.42 Å². The van der Waals surface area contributed by atoms with Crippen LogP contribution in [0.1, 0.15) is 69.5 Å². The van der Waals surface area contributed by atoms with E-state index in [-0.39, 0.29) is 22.3 Å². The monoisotopic (exact) mass is 502 g/mol. The maximum atomic E-state index is 13.7. The van der Waals surface area contributed by atoms with Crippen molar-refractivity contribution in [2.45, 2.75) is 75.5 Å². The van der Waals surface area contributed by atoms with Crippen LogP contribution in [0, 0.1) is 12.3 Å². The molecule has 35 heavy (non-hydrogen) atoms. The molecular formula is C25H28F2N4O3S. The molecule has 2 aliphatic rings. The summed E-state index contributed by atoms with van der Waals surface area (Å²) in [5.74, 6) is 0.209. The van der Waals surface area contributed by atoms with Crippen molar-refractivity contribution in [2.24, 2.45) is 5.41 Å². The van der Waals surface area contributed by atoms with E-state index in [0.29, 0.717) is 22.3 Å². The van der Waals surface area contributed by atoms with Gasteiger partial charge in [0.25, 0.3) is 12.0 Å². The maximum absolute atomic E-state index is 13.7. The van der Waals surface area contributed by atoms with E-state index in [4.69, 9.17) is 0 Å². The van der Waals surface area contributed by atoms with Gasteiger partial charge in [-0.05, 0) is 81.7 Å². The lowest BCUT2D eigenvalue weighted by Crippen LogP contribution is -2.31. The number of sulfone groups is 1. The van der Waals surface area contributed by atoms with E-state index in [1.54, 1.807) is 32.9 Å². The molecule has 3 aromatic rings. The lowest BCUT2D eigenvalue weighted by molar-refractivity contribution is 0.148. The largest absolute Gasteiger partial charge is 0.324 e. The standard InChI is InChI=1S/C25H28F2N4O3S/c1-14(2)35(33,34)17-6-7-19(15(3)11-17)29-24-28-13-16-12-18(21(26)27)23(32)31(22(16)30-24)20-5-4-8-25(20)9-10-25/h6-7,11-14,20-21H,4-5,8-10H2,1-3H3,(H,28,29,30). The zero-order chi connectivity index (χ0) is 25.1. The summed E-state index contributed by atoms with van der Waals surface area (Å²) >= 11 is 0. The van der Waals surface area contributed by atoms with Gasteiger partial charge in [-0.25, -0.2) is 22.2 Å². The number of rotatable bonds is 6. The fourth-order valence-electron chi connectivity index (χ4n) is 5.26. The van der Waals surface area contributed by atoms with Crippen LogP contribution in [0.15, 0.2) is 40.2 Å². The van der Waals surface area contributed by atoms with E-state index >= 15 is 0 Å². The fraction of sp³-hybridized carbons (Fsp3) is 0.480. The third-order valence-corrected chi connectivity index (χ3v) is 9.64. The van der Waals surface area contributed by atoms with Gasteiger partial charge in [0.1, 0.15) is 5.65 Å². The summed E-state index contributed by atoms with van der Waals surface area (Å²) in [7, 11) is -3.41. The third-order valence-electron chi connectivity index (χ3n) is 7.49. The Bertz CT molecular complexity index is 1480. The van der Waals surface area contributed by atoms with Crippen molar-refractivity contribution in [1.29, 1.82) is 0 Å². The van der Waals surface area contributed by atoms with Crippen LogP contribution in [0.3, 0.4) is 0 Å². The van der Waals surface area contributed by atoms with E-state index in [9.17, 15) is 22.0 Å². The number of anilines is 2. The molecule has 2 aromatic heterocycles. The molecule has 2 saturated carbocycles. The highest BCUT2D eigenvalue weighted by Gasteiger charge is 2.53. The molecule has 0 bridgehead atoms. The smallest absolute Gasteiger partial charge is 0.269 e. The Labute approximate surface area is 202 Å². The molecule has 2 heterocycles. The predicted octanol–water partition coefficient (Wildman–Crippen LogP) is 5.47. The van der Waals surface area contributed by atoms with Crippen LogP contribution >= 0.6 is 0 Å². The number of fused-ring (bicyclic) bond motifs is 1. The number of nitrogens with one attached hydrogen (secondary N) is 1. The van der Waals surface area contributed by atoms with Gasteiger partial charge < -0.3 is 5.32 Å². The van der Waals surface area contributed by atoms with Gasteiger partial charge in [-0.2, -0.15) is 4.98 Å². The minimum absolute atomic E-state index is 0.00433. The zero-order valence-corrected chi connectivity index (χ0v) is 20.7. The second-order valence-electron chi connectivity index (χ2n) is 10.0. The van der Waals surface area contributed by atoms with Crippen LogP contribution in [0.2, 0.25) is 0 Å². The Morgan fingerprint density at radius 1 is 1.17 bits per heavy atom.